The van der Waals surface area contributed by atoms with Crippen molar-refractivity contribution in [3.63, 3.8) is 0 Å². The number of carboxylic acids is 1. The SMILES string of the molecule is CC.CC/C=C\C/C=C\C/C=C\C/C=C\C/C=C\CCCC(=O)NC(CCCCNC(=O)c1ccc(CCN2CCOCC2)nc1)C(=O)O. The highest BCUT2D eigenvalue weighted by Crippen LogP contribution is 2.07. The lowest BCUT2D eigenvalue weighted by Crippen LogP contribution is -2.40. The summed E-state index contributed by atoms with van der Waals surface area (Å²) < 4.78 is 5.37. The molecule has 272 valence electrons. The van der Waals surface area contributed by atoms with Gasteiger partial charge in [0.25, 0.3) is 5.91 Å². The number of morpholine rings is 1. The van der Waals surface area contributed by atoms with Crippen LogP contribution in [-0.2, 0) is 20.7 Å². The normalized spacial score (nSPS) is 14.5. The van der Waals surface area contributed by atoms with Crippen molar-refractivity contribution in [1.82, 2.24) is 20.5 Å². The quantitative estimate of drug-likeness (QED) is 0.0771. The molecule has 1 saturated heterocycles. The molecule has 0 spiro atoms. The molecular formula is C40H62N4O5. The van der Waals surface area contributed by atoms with E-state index < -0.39 is 12.0 Å². The van der Waals surface area contributed by atoms with Gasteiger partial charge in [0.1, 0.15) is 6.04 Å². The van der Waals surface area contributed by atoms with E-state index >= 15 is 0 Å². The number of pyridine rings is 1. The van der Waals surface area contributed by atoms with Crippen molar-refractivity contribution in [3.8, 4) is 0 Å². The van der Waals surface area contributed by atoms with E-state index in [0.29, 0.717) is 37.8 Å². The fourth-order valence-electron chi connectivity index (χ4n) is 4.85. The van der Waals surface area contributed by atoms with Crippen molar-refractivity contribution in [3.05, 3.63) is 90.3 Å². The van der Waals surface area contributed by atoms with Crippen LogP contribution in [-0.4, -0.2) is 78.2 Å². The summed E-state index contributed by atoms with van der Waals surface area (Å²) in [5.41, 5.74) is 1.45. The smallest absolute Gasteiger partial charge is 0.326 e. The van der Waals surface area contributed by atoms with E-state index in [4.69, 9.17) is 4.74 Å². The first-order chi connectivity index (χ1) is 24.0. The molecule has 0 saturated carbocycles. The minimum Gasteiger partial charge on any atom is -0.480 e. The third kappa shape index (κ3) is 23.2. The Bertz CT molecular complexity index is 1170. The molecule has 1 aromatic heterocycles. The highest BCUT2D eigenvalue weighted by atomic mass is 16.5. The number of nitrogens with one attached hydrogen (secondary N) is 2. The molecule has 0 aliphatic carbocycles. The molecule has 1 aromatic rings. The maximum Gasteiger partial charge on any atom is 0.326 e. The first-order valence-corrected chi connectivity index (χ1v) is 18.3. The van der Waals surface area contributed by atoms with Crippen LogP contribution in [0.3, 0.4) is 0 Å². The number of carboxylic acid groups (broad SMARTS) is 1. The largest absolute Gasteiger partial charge is 0.480 e. The number of hydrogen-bond acceptors (Lipinski definition) is 6. The molecule has 0 aromatic carbocycles. The van der Waals surface area contributed by atoms with E-state index in [1.165, 1.54) is 0 Å². The highest BCUT2D eigenvalue weighted by molar-refractivity contribution is 5.93. The monoisotopic (exact) mass is 678 g/mol. The van der Waals surface area contributed by atoms with Crippen LogP contribution < -0.4 is 10.6 Å². The van der Waals surface area contributed by atoms with Gasteiger partial charge in [-0.05, 0) is 76.3 Å². The molecule has 1 atom stereocenters. The van der Waals surface area contributed by atoms with Crippen LogP contribution in [0, 0.1) is 0 Å². The number of unbranched alkanes of at least 4 members (excludes halogenated alkanes) is 2. The van der Waals surface area contributed by atoms with E-state index in [9.17, 15) is 19.5 Å². The Morgan fingerprint density at radius 3 is 2.06 bits per heavy atom. The molecule has 9 nitrogen and oxygen atoms in total. The lowest BCUT2D eigenvalue weighted by Gasteiger charge is -2.26. The summed E-state index contributed by atoms with van der Waals surface area (Å²) in [6.07, 6.45) is 31.9. The zero-order valence-corrected chi connectivity index (χ0v) is 30.3. The van der Waals surface area contributed by atoms with Crippen molar-refractivity contribution in [2.75, 3.05) is 39.4 Å². The number of ether oxygens (including phenoxy) is 1. The Hall–Kier alpha value is -3.82. The predicted molar refractivity (Wildman–Crippen MR) is 201 cm³/mol. The third-order valence-corrected chi connectivity index (χ3v) is 7.65. The van der Waals surface area contributed by atoms with Crippen LogP contribution in [0.25, 0.3) is 0 Å². The Balaban J connectivity index is 0.00000589. The molecule has 2 heterocycles. The Morgan fingerprint density at radius 1 is 0.878 bits per heavy atom. The average molecular weight is 679 g/mol. The van der Waals surface area contributed by atoms with Crippen molar-refractivity contribution in [2.45, 2.75) is 104 Å². The van der Waals surface area contributed by atoms with Crippen LogP contribution in [0.4, 0.5) is 0 Å². The zero-order chi connectivity index (χ0) is 35.8. The minimum absolute atomic E-state index is 0.201. The van der Waals surface area contributed by atoms with Crippen LogP contribution in [0.5, 0.6) is 0 Å². The molecule has 1 aliphatic heterocycles. The van der Waals surface area contributed by atoms with Gasteiger partial charge in [-0.1, -0.05) is 81.5 Å². The number of allylic oxidation sites excluding steroid dienone is 10. The molecule has 2 rings (SSSR count). The van der Waals surface area contributed by atoms with Gasteiger partial charge in [0, 0.05) is 50.9 Å². The summed E-state index contributed by atoms with van der Waals surface area (Å²) in [6, 6.07) is 2.74. The average Bonchev–Trinajstić information content (AvgIpc) is 3.12. The Labute approximate surface area is 295 Å². The van der Waals surface area contributed by atoms with Gasteiger partial charge < -0.3 is 20.5 Å². The van der Waals surface area contributed by atoms with E-state index in [1.54, 1.807) is 12.3 Å². The van der Waals surface area contributed by atoms with Gasteiger partial charge in [-0.2, -0.15) is 0 Å². The summed E-state index contributed by atoms with van der Waals surface area (Å²) in [5, 5.41) is 15.1. The number of aliphatic carboxylic acids is 1. The van der Waals surface area contributed by atoms with Crippen molar-refractivity contribution in [1.29, 1.82) is 0 Å². The van der Waals surface area contributed by atoms with Gasteiger partial charge in [0.15, 0.2) is 0 Å². The lowest BCUT2D eigenvalue weighted by molar-refractivity contribution is -0.142. The first kappa shape index (κ1) is 43.2. The molecule has 0 bridgehead atoms. The second kappa shape index (κ2) is 30.3. The van der Waals surface area contributed by atoms with Gasteiger partial charge in [0.2, 0.25) is 5.91 Å². The summed E-state index contributed by atoms with van der Waals surface area (Å²) in [7, 11) is 0. The summed E-state index contributed by atoms with van der Waals surface area (Å²) in [4.78, 5) is 43.2. The van der Waals surface area contributed by atoms with E-state index in [1.807, 2.05) is 19.9 Å². The lowest BCUT2D eigenvalue weighted by atomic mass is 10.1. The van der Waals surface area contributed by atoms with Crippen LogP contribution >= 0.6 is 0 Å². The van der Waals surface area contributed by atoms with Crippen molar-refractivity contribution < 1.29 is 24.2 Å². The van der Waals surface area contributed by atoms with Gasteiger partial charge in [-0.3, -0.25) is 19.5 Å². The highest BCUT2D eigenvalue weighted by Gasteiger charge is 2.19. The third-order valence-electron chi connectivity index (χ3n) is 7.65. The number of carbonyl (C=O) groups excluding carboxylic acids is 2. The summed E-state index contributed by atoms with van der Waals surface area (Å²) in [5.74, 6) is -1.49. The predicted octanol–water partition coefficient (Wildman–Crippen LogP) is 7.37. The molecule has 49 heavy (non-hydrogen) atoms. The van der Waals surface area contributed by atoms with E-state index in [2.05, 4.69) is 88.2 Å². The van der Waals surface area contributed by atoms with Crippen molar-refractivity contribution >= 4 is 17.8 Å². The maximum atomic E-state index is 12.5. The molecule has 0 radical (unpaired) electrons. The Morgan fingerprint density at radius 2 is 1.49 bits per heavy atom. The Kier molecular flexibility index (Phi) is 26.7. The molecule has 1 unspecified atom stereocenters. The number of hydrogen-bond donors (Lipinski definition) is 3. The zero-order valence-electron chi connectivity index (χ0n) is 30.3. The van der Waals surface area contributed by atoms with Gasteiger partial charge in [-0.25, -0.2) is 4.79 Å². The molecule has 1 aliphatic rings. The van der Waals surface area contributed by atoms with Gasteiger partial charge in [0.05, 0.1) is 18.8 Å². The maximum absolute atomic E-state index is 12.5. The first-order valence-electron chi connectivity index (χ1n) is 18.3. The minimum atomic E-state index is -1.04. The second-order valence-corrected chi connectivity index (χ2v) is 11.6. The van der Waals surface area contributed by atoms with Crippen LogP contribution in [0.15, 0.2) is 79.1 Å². The molecular weight excluding hydrogens is 616 g/mol. The topological polar surface area (TPSA) is 121 Å². The number of carbonyl (C=O) groups is 3. The molecule has 1 fully saturated rings. The fraction of sp³-hybridized carbons (Fsp3) is 0.550. The number of amides is 2. The van der Waals surface area contributed by atoms with E-state index in [0.717, 1.165) is 83.5 Å². The molecule has 2 amide bonds. The second-order valence-electron chi connectivity index (χ2n) is 11.6. The van der Waals surface area contributed by atoms with Gasteiger partial charge >= 0.3 is 5.97 Å². The van der Waals surface area contributed by atoms with Crippen molar-refractivity contribution in [2.24, 2.45) is 0 Å². The number of rotatable bonds is 24. The molecule has 9 heteroatoms. The number of aromatic nitrogens is 1. The number of nitrogens with zero attached hydrogens (tertiary/aromatic N) is 2. The fourth-order valence-corrected chi connectivity index (χ4v) is 4.85. The molecule has 3 N–H and O–H groups in total. The standard InChI is InChI=1S/C38H56N4O5.C2H6/c1-2-3-4-5-6-7-8-9-10-11-12-13-14-15-16-17-18-22-36(43)41-35(38(45)46)21-19-20-26-39-37(44)33-23-24-34(40-32-33)25-27-42-28-30-47-31-29-42;1-2/h3-4,6-7,9-10,12-13,15-16,23-24,32,35H,2,5,8,11,14,17-22,25-31H2,1H3,(H,39,44)(H,41,43)(H,45,46);1-2H3/b4-3-,7-6-,10-9-,13-12-,16-15-;. The van der Waals surface area contributed by atoms with E-state index in [-0.39, 0.29) is 18.2 Å². The van der Waals surface area contributed by atoms with Crippen LogP contribution in [0.1, 0.15) is 107 Å². The van der Waals surface area contributed by atoms with Crippen LogP contribution in [0.2, 0.25) is 0 Å². The van der Waals surface area contributed by atoms with Gasteiger partial charge in [-0.15, -0.1) is 0 Å². The summed E-state index contributed by atoms with van der Waals surface area (Å²) >= 11 is 0. The summed E-state index contributed by atoms with van der Waals surface area (Å²) in [6.45, 7) is 10.9.